The van der Waals surface area contributed by atoms with Crippen LogP contribution in [0.1, 0.15) is 81.0 Å². The molecule has 0 saturated heterocycles. The van der Waals surface area contributed by atoms with E-state index in [1.165, 1.54) is 13.8 Å². The van der Waals surface area contributed by atoms with Crippen molar-refractivity contribution in [2.24, 2.45) is 11.8 Å². The number of rotatable bonds is 14. The number of hydrogen-bond donors (Lipinski definition) is 0. The molecule has 0 radical (unpaired) electrons. The second-order valence-electron chi connectivity index (χ2n) is 12.2. The predicted molar refractivity (Wildman–Crippen MR) is 191 cm³/mol. The highest BCUT2D eigenvalue weighted by atomic mass is 16.5. The lowest BCUT2D eigenvalue weighted by Crippen LogP contribution is -2.23. The third-order valence-electron chi connectivity index (χ3n) is 9.51. The number of methoxy groups -OCH3 is 9. The van der Waals surface area contributed by atoms with Crippen molar-refractivity contribution in [2.75, 3.05) is 64.0 Å². The molecule has 270 valence electrons. The van der Waals surface area contributed by atoms with Crippen molar-refractivity contribution in [1.29, 1.82) is 0 Å². The SMILES string of the molecule is CC(C)=O.CC[C@@H](c1cc(OC)c(OC)cc1OC)[C@H](C)[C@H]1c2c(OC)cc(OC)c(OC)c2[C@@H](c2cc(OC)c(OC)cc2OC)[C@@H]1C. The van der Waals surface area contributed by atoms with Gasteiger partial charge in [0.25, 0.3) is 0 Å². The van der Waals surface area contributed by atoms with E-state index in [9.17, 15) is 4.79 Å². The molecule has 10 nitrogen and oxygen atoms in total. The van der Waals surface area contributed by atoms with E-state index in [1.807, 2.05) is 30.3 Å². The van der Waals surface area contributed by atoms with E-state index in [0.717, 1.165) is 40.2 Å². The molecule has 0 aromatic heterocycles. The monoisotopic (exact) mass is 682 g/mol. The highest BCUT2D eigenvalue weighted by Gasteiger charge is 2.49. The van der Waals surface area contributed by atoms with Gasteiger partial charge >= 0.3 is 0 Å². The molecule has 0 unspecified atom stereocenters. The summed E-state index contributed by atoms with van der Waals surface area (Å²) in [7, 11) is 14.9. The lowest BCUT2D eigenvalue weighted by Gasteiger charge is -2.34. The average molecular weight is 683 g/mol. The Morgan fingerprint density at radius 3 is 1.47 bits per heavy atom. The first-order valence-corrected chi connectivity index (χ1v) is 16.4. The molecule has 0 heterocycles. The van der Waals surface area contributed by atoms with Gasteiger partial charge in [-0.25, -0.2) is 0 Å². The fraction of sp³-hybridized carbons (Fsp3) is 0.513. The van der Waals surface area contributed by atoms with Crippen LogP contribution in [0, 0.1) is 11.8 Å². The van der Waals surface area contributed by atoms with E-state index >= 15 is 0 Å². The Hall–Kier alpha value is -4.47. The van der Waals surface area contributed by atoms with Crippen LogP contribution >= 0.6 is 0 Å². The van der Waals surface area contributed by atoms with Gasteiger partial charge in [0, 0.05) is 46.4 Å². The van der Waals surface area contributed by atoms with Crippen LogP contribution in [0.25, 0.3) is 0 Å². The highest BCUT2D eigenvalue weighted by Crippen LogP contribution is 2.63. The zero-order chi connectivity index (χ0) is 36.6. The van der Waals surface area contributed by atoms with Gasteiger partial charge in [-0.15, -0.1) is 0 Å². The van der Waals surface area contributed by atoms with Crippen LogP contribution in [0.5, 0.6) is 51.7 Å². The molecule has 4 rings (SSSR count). The summed E-state index contributed by atoms with van der Waals surface area (Å²) in [5, 5.41) is 0. The van der Waals surface area contributed by atoms with E-state index in [2.05, 4.69) is 20.8 Å². The summed E-state index contributed by atoms with van der Waals surface area (Å²) in [6, 6.07) is 9.77. The zero-order valence-electron chi connectivity index (χ0n) is 31.6. The van der Waals surface area contributed by atoms with Crippen molar-refractivity contribution in [3.05, 3.63) is 52.6 Å². The van der Waals surface area contributed by atoms with E-state index in [4.69, 9.17) is 42.6 Å². The van der Waals surface area contributed by atoms with Crippen LogP contribution in [-0.2, 0) is 4.79 Å². The van der Waals surface area contributed by atoms with Gasteiger partial charge in [0.15, 0.2) is 34.5 Å². The van der Waals surface area contributed by atoms with E-state index in [1.54, 1.807) is 64.0 Å². The molecule has 5 atom stereocenters. The molecule has 0 saturated carbocycles. The minimum absolute atomic E-state index is 0.0420. The Morgan fingerprint density at radius 1 is 0.592 bits per heavy atom. The normalized spacial score (nSPS) is 17.4. The van der Waals surface area contributed by atoms with Crippen LogP contribution in [0.4, 0.5) is 0 Å². The van der Waals surface area contributed by atoms with Gasteiger partial charge in [-0.05, 0) is 56.1 Å². The van der Waals surface area contributed by atoms with Gasteiger partial charge in [0.1, 0.15) is 23.0 Å². The second kappa shape index (κ2) is 17.3. The maximum absolute atomic E-state index is 9.44. The van der Waals surface area contributed by atoms with Gasteiger partial charge in [-0.1, -0.05) is 20.8 Å². The van der Waals surface area contributed by atoms with Crippen LogP contribution in [0.3, 0.4) is 0 Å². The van der Waals surface area contributed by atoms with Crippen LogP contribution in [0.2, 0.25) is 0 Å². The summed E-state index contributed by atoms with van der Waals surface area (Å²) in [6.07, 6.45) is 0.867. The number of benzene rings is 3. The van der Waals surface area contributed by atoms with Crippen molar-refractivity contribution in [2.45, 2.75) is 58.8 Å². The molecule has 0 bridgehead atoms. The van der Waals surface area contributed by atoms with Crippen molar-refractivity contribution in [1.82, 2.24) is 0 Å². The van der Waals surface area contributed by atoms with Gasteiger partial charge in [-0.2, -0.15) is 0 Å². The summed E-state index contributed by atoms with van der Waals surface area (Å²) in [5.41, 5.74) is 4.13. The second-order valence-corrected chi connectivity index (χ2v) is 12.2. The fourth-order valence-corrected chi connectivity index (χ4v) is 7.51. The van der Waals surface area contributed by atoms with Gasteiger partial charge < -0.3 is 47.4 Å². The molecule has 0 spiro atoms. The first-order chi connectivity index (χ1) is 23.5. The van der Waals surface area contributed by atoms with E-state index in [-0.39, 0.29) is 35.4 Å². The Morgan fingerprint density at radius 2 is 1.02 bits per heavy atom. The number of Topliss-reactive ketones (excluding diaryl/α,β-unsaturated/α-hetero) is 1. The number of fused-ring (bicyclic) bond motifs is 1. The molecular formula is C39H54O10. The molecule has 10 heteroatoms. The molecule has 0 N–H and O–H groups in total. The standard InChI is InChI=1S/C36H48O9.C3H6O/c1-13-21(22-14-26(39-6)28(41-8)16-24(22)37-4)19(2)32-20(3)33(23-15-27(40-7)29(42-9)17-25(23)38-5)35-34(32)30(43-10)18-31(44-11)36(35)45-12;1-3(2)4/h14-21,32-33H,13H2,1-12H3;1-2H3/t19-,20+,21+,32+,33+;/m0./s1. The molecule has 1 aliphatic carbocycles. The molecule has 3 aromatic rings. The third-order valence-corrected chi connectivity index (χ3v) is 9.51. The van der Waals surface area contributed by atoms with Gasteiger partial charge in [-0.3, -0.25) is 0 Å². The van der Waals surface area contributed by atoms with Crippen molar-refractivity contribution in [3.8, 4) is 51.7 Å². The number of ether oxygens (including phenoxy) is 9. The van der Waals surface area contributed by atoms with Crippen molar-refractivity contribution >= 4 is 5.78 Å². The summed E-state index contributed by atoms with van der Waals surface area (Å²) < 4.78 is 52.7. The maximum Gasteiger partial charge on any atom is 0.165 e. The van der Waals surface area contributed by atoms with E-state index in [0.29, 0.717) is 40.2 Å². The quantitative estimate of drug-likeness (QED) is 0.166. The molecule has 3 aromatic carbocycles. The topological polar surface area (TPSA) is 100 Å². The zero-order valence-corrected chi connectivity index (χ0v) is 31.6. The molecule has 0 amide bonds. The predicted octanol–water partition coefficient (Wildman–Crippen LogP) is 8.05. The first kappa shape index (κ1) is 39.0. The van der Waals surface area contributed by atoms with Gasteiger partial charge in [0.05, 0.1) is 64.0 Å². The Labute approximate surface area is 291 Å². The molecule has 49 heavy (non-hydrogen) atoms. The third kappa shape index (κ3) is 7.58. The Balaban J connectivity index is 0.00000154. The Kier molecular flexibility index (Phi) is 13.7. The number of carbonyl (C=O) groups excluding carboxylic acids is 1. The summed E-state index contributed by atoms with van der Waals surface area (Å²) in [6.45, 7) is 9.85. The lowest BCUT2D eigenvalue weighted by molar-refractivity contribution is -0.115. The molecule has 1 aliphatic rings. The van der Waals surface area contributed by atoms with Crippen LogP contribution < -0.4 is 42.6 Å². The maximum atomic E-state index is 9.44. The summed E-state index contributed by atoms with van der Waals surface area (Å²) in [5.74, 6) is 6.35. The van der Waals surface area contributed by atoms with Crippen molar-refractivity contribution < 1.29 is 47.4 Å². The number of hydrogen-bond acceptors (Lipinski definition) is 10. The Bertz CT molecular complexity index is 1580. The molecule has 0 fully saturated rings. The minimum atomic E-state index is -0.147. The summed E-state index contributed by atoms with van der Waals surface area (Å²) >= 11 is 0. The number of carbonyl (C=O) groups is 1. The average Bonchev–Trinajstić information content (AvgIpc) is 3.41. The van der Waals surface area contributed by atoms with Crippen LogP contribution in [-0.4, -0.2) is 69.8 Å². The van der Waals surface area contributed by atoms with Gasteiger partial charge in [0.2, 0.25) is 0 Å². The summed E-state index contributed by atoms with van der Waals surface area (Å²) in [4.78, 5) is 9.44. The molecule has 0 aliphatic heterocycles. The lowest BCUT2D eigenvalue weighted by atomic mass is 9.70. The van der Waals surface area contributed by atoms with Crippen molar-refractivity contribution in [3.63, 3.8) is 0 Å². The van der Waals surface area contributed by atoms with E-state index < -0.39 is 0 Å². The fourth-order valence-electron chi connectivity index (χ4n) is 7.51. The molecular weight excluding hydrogens is 628 g/mol. The van der Waals surface area contributed by atoms with Crippen LogP contribution in [0.15, 0.2) is 30.3 Å². The smallest absolute Gasteiger partial charge is 0.165 e. The number of ketones is 1. The largest absolute Gasteiger partial charge is 0.496 e. The first-order valence-electron chi connectivity index (χ1n) is 16.4. The minimum Gasteiger partial charge on any atom is -0.496 e. The highest BCUT2D eigenvalue weighted by molar-refractivity contribution is 5.72.